The monoisotopic (exact) mass is 228 g/mol. The summed E-state index contributed by atoms with van der Waals surface area (Å²) in [5.41, 5.74) is 3.39. The molecule has 0 spiro atoms. The van der Waals surface area contributed by atoms with E-state index in [0.717, 1.165) is 36.7 Å². The Hall–Kier alpha value is -1.68. The number of nitrogens with zero attached hydrogens (tertiary/aromatic N) is 3. The molecule has 0 unspecified atom stereocenters. The number of rotatable bonds is 3. The lowest BCUT2D eigenvalue weighted by Gasteiger charge is -2.01. The van der Waals surface area contributed by atoms with Gasteiger partial charge in [-0.15, -0.1) is 0 Å². The molecule has 0 fully saturated rings. The standard InChI is InChI=1S/C13H16N4/c1-14-9-12-16-13(10-5-2-3-7-15-10)11-6-4-8-17(11)12/h2-3,5,7,14H,4,6,8-9H2,1H3. The number of imidazole rings is 1. The zero-order valence-corrected chi connectivity index (χ0v) is 9.98. The number of fused-ring (bicyclic) bond motifs is 1. The normalized spacial score (nSPS) is 13.9. The lowest BCUT2D eigenvalue weighted by Crippen LogP contribution is -2.11. The molecule has 3 rings (SSSR count). The maximum atomic E-state index is 4.73. The van der Waals surface area contributed by atoms with Crippen LogP contribution in [0.2, 0.25) is 0 Å². The minimum absolute atomic E-state index is 0.819. The fraction of sp³-hybridized carbons (Fsp3) is 0.385. The molecule has 88 valence electrons. The van der Waals surface area contributed by atoms with Crippen LogP contribution in [0.3, 0.4) is 0 Å². The van der Waals surface area contributed by atoms with Crippen molar-refractivity contribution in [1.29, 1.82) is 0 Å². The lowest BCUT2D eigenvalue weighted by atomic mass is 10.2. The molecule has 0 aromatic carbocycles. The summed E-state index contributed by atoms with van der Waals surface area (Å²) in [6, 6.07) is 5.99. The molecule has 0 atom stereocenters. The average Bonchev–Trinajstić information content (AvgIpc) is 2.94. The van der Waals surface area contributed by atoms with E-state index in [4.69, 9.17) is 4.98 Å². The van der Waals surface area contributed by atoms with Crippen LogP contribution in [-0.4, -0.2) is 21.6 Å². The van der Waals surface area contributed by atoms with Crippen molar-refractivity contribution in [2.24, 2.45) is 0 Å². The lowest BCUT2D eigenvalue weighted by molar-refractivity contribution is 0.653. The quantitative estimate of drug-likeness (QED) is 0.868. The van der Waals surface area contributed by atoms with E-state index in [1.165, 1.54) is 12.1 Å². The van der Waals surface area contributed by atoms with Gasteiger partial charge in [-0.2, -0.15) is 0 Å². The van der Waals surface area contributed by atoms with Gasteiger partial charge in [0.05, 0.1) is 12.2 Å². The highest BCUT2D eigenvalue weighted by Crippen LogP contribution is 2.28. The third kappa shape index (κ3) is 1.74. The highest BCUT2D eigenvalue weighted by molar-refractivity contribution is 5.58. The van der Waals surface area contributed by atoms with Gasteiger partial charge >= 0.3 is 0 Å². The van der Waals surface area contributed by atoms with E-state index in [0.29, 0.717) is 0 Å². The largest absolute Gasteiger partial charge is 0.330 e. The second-order valence-electron chi connectivity index (χ2n) is 4.32. The summed E-state index contributed by atoms with van der Waals surface area (Å²) in [5.74, 6) is 1.13. The molecule has 0 bridgehead atoms. The Morgan fingerprint density at radius 2 is 2.35 bits per heavy atom. The number of hydrogen-bond acceptors (Lipinski definition) is 3. The van der Waals surface area contributed by atoms with Gasteiger partial charge in [-0.25, -0.2) is 4.98 Å². The van der Waals surface area contributed by atoms with Crippen molar-refractivity contribution in [3.05, 3.63) is 35.9 Å². The van der Waals surface area contributed by atoms with Crippen LogP contribution in [0.15, 0.2) is 24.4 Å². The molecule has 0 aliphatic carbocycles. The molecule has 1 aliphatic heterocycles. The Morgan fingerprint density at radius 1 is 1.41 bits per heavy atom. The summed E-state index contributed by atoms with van der Waals surface area (Å²) in [5, 5.41) is 3.17. The average molecular weight is 228 g/mol. The fourth-order valence-electron chi connectivity index (χ4n) is 2.46. The van der Waals surface area contributed by atoms with Gasteiger partial charge in [-0.3, -0.25) is 4.98 Å². The molecule has 4 heteroatoms. The summed E-state index contributed by atoms with van der Waals surface area (Å²) >= 11 is 0. The minimum atomic E-state index is 0.819. The Morgan fingerprint density at radius 3 is 3.12 bits per heavy atom. The Balaban J connectivity index is 2.09. The van der Waals surface area contributed by atoms with E-state index in [2.05, 4.69) is 14.9 Å². The van der Waals surface area contributed by atoms with Crippen molar-refractivity contribution in [1.82, 2.24) is 19.9 Å². The van der Waals surface area contributed by atoms with Crippen LogP contribution >= 0.6 is 0 Å². The summed E-state index contributed by atoms with van der Waals surface area (Å²) in [4.78, 5) is 9.13. The van der Waals surface area contributed by atoms with E-state index in [1.54, 1.807) is 0 Å². The molecule has 2 aromatic rings. The summed E-state index contributed by atoms with van der Waals surface area (Å²) < 4.78 is 2.33. The highest BCUT2D eigenvalue weighted by atomic mass is 15.1. The predicted octanol–water partition coefficient (Wildman–Crippen LogP) is 1.61. The molecule has 0 saturated heterocycles. The molecule has 17 heavy (non-hydrogen) atoms. The van der Waals surface area contributed by atoms with Gasteiger partial charge in [0, 0.05) is 18.4 Å². The first kappa shape index (κ1) is 10.5. The van der Waals surface area contributed by atoms with E-state index in [1.807, 2.05) is 31.4 Å². The topological polar surface area (TPSA) is 42.7 Å². The second-order valence-corrected chi connectivity index (χ2v) is 4.32. The van der Waals surface area contributed by atoms with Gasteiger partial charge in [-0.05, 0) is 32.0 Å². The Labute approximate surface area is 101 Å². The maximum Gasteiger partial charge on any atom is 0.123 e. The molecule has 0 saturated carbocycles. The maximum absolute atomic E-state index is 4.73. The van der Waals surface area contributed by atoms with Gasteiger partial charge in [0.25, 0.3) is 0 Å². The van der Waals surface area contributed by atoms with Crippen LogP contribution in [0.25, 0.3) is 11.4 Å². The van der Waals surface area contributed by atoms with Gasteiger partial charge in [-0.1, -0.05) is 6.07 Å². The zero-order valence-electron chi connectivity index (χ0n) is 9.98. The summed E-state index contributed by atoms with van der Waals surface area (Å²) in [6.45, 7) is 1.91. The molecule has 0 radical (unpaired) electrons. The fourth-order valence-corrected chi connectivity index (χ4v) is 2.46. The van der Waals surface area contributed by atoms with Gasteiger partial charge in [0.1, 0.15) is 11.5 Å². The number of pyridine rings is 1. The van der Waals surface area contributed by atoms with Crippen LogP contribution in [0.1, 0.15) is 17.9 Å². The molecule has 4 nitrogen and oxygen atoms in total. The molecule has 1 aliphatic rings. The van der Waals surface area contributed by atoms with Crippen molar-refractivity contribution in [2.45, 2.75) is 25.9 Å². The summed E-state index contributed by atoms with van der Waals surface area (Å²) in [7, 11) is 1.96. The predicted molar refractivity (Wildman–Crippen MR) is 66.5 cm³/mol. The van der Waals surface area contributed by atoms with Gasteiger partial charge in [0.15, 0.2) is 0 Å². The molecule has 3 heterocycles. The molecule has 2 aromatic heterocycles. The van der Waals surface area contributed by atoms with Crippen molar-refractivity contribution >= 4 is 0 Å². The molecular weight excluding hydrogens is 212 g/mol. The molecule has 0 amide bonds. The first-order chi connectivity index (χ1) is 8.40. The number of nitrogens with one attached hydrogen (secondary N) is 1. The first-order valence-electron chi connectivity index (χ1n) is 6.04. The molecule has 1 N–H and O–H groups in total. The Bertz CT molecular complexity index is 516. The minimum Gasteiger partial charge on any atom is -0.330 e. The van der Waals surface area contributed by atoms with Crippen LogP contribution in [0, 0.1) is 0 Å². The van der Waals surface area contributed by atoms with Crippen molar-refractivity contribution in [3.8, 4) is 11.4 Å². The van der Waals surface area contributed by atoms with Gasteiger partial charge < -0.3 is 9.88 Å². The van der Waals surface area contributed by atoms with Gasteiger partial charge in [0.2, 0.25) is 0 Å². The number of aromatic nitrogens is 3. The van der Waals surface area contributed by atoms with Crippen LogP contribution in [0.5, 0.6) is 0 Å². The van der Waals surface area contributed by atoms with Crippen LogP contribution in [0.4, 0.5) is 0 Å². The summed E-state index contributed by atoms with van der Waals surface area (Å²) in [6.07, 6.45) is 4.16. The third-order valence-corrected chi connectivity index (χ3v) is 3.19. The van der Waals surface area contributed by atoms with E-state index >= 15 is 0 Å². The van der Waals surface area contributed by atoms with Crippen LogP contribution < -0.4 is 5.32 Å². The second kappa shape index (κ2) is 4.30. The van der Waals surface area contributed by atoms with Crippen molar-refractivity contribution < 1.29 is 0 Å². The van der Waals surface area contributed by atoms with Crippen molar-refractivity contribution in [3.63, 3.8) is 0 Å². The first-order valence-corrected chi connectivity index (χ1v) is 6.04. The Kier molecular flexibility index (Phi) is 2.65. The van der Waals surface area contributed by atoms with E-state index in [-0.39, 0.29) is 0 Å². The molecular formula is C13H16N4. The third-order valence-electron chi connectivity index (χ3n) is 3.19. The smallest absolute Gasteiger partial charge is 0.123 e. The number of hydrogen-bond donors (Lipinski definition) is 1. The SMILES string of the molecule is CNCc1nc(-c2ccccn2)c2n1CCC2. The van der Waals surface area contributed by atoms with Crippen molar-refractivity contribution in [2.75, 3.05) is 7.05 Å². The van der Waals surface area contributed by atoms with E-state index < -0.39 is 0 Å². The zero-order chi connectivity index (χ0) is 11.7. The van der Waals surface area contributed by atoms with Crippen LogP contribution in [-0.2, 0) is 19.5 Å². The van der Waals surface area contributed by atoms with E-state index in [9.17, 15) is 0 Å². The highest BCUT2D eigenvalue weighted by Gasteiger charge is 2.22.